The van der Waals surface area contributed by atoms with Gasteiger partial charge >= 0.3 is 5.97 Å². The van der Waals surface area contributed by atoms with E-state index < -0.39 is 5.41 Å². The number of nitrogens with zero attached hydrogens (tertiary/aromatic N) is 1. The van der Waals surface area contributed by atoms with Crippen LogP contribution in [0.2, 0.25) is 5.02 Å². The van der Waals surface area contributed by atoms with Gasteiger partial charge in [-0.3, -0.25) is 9.69 Å². The van der Waals surface area contributed by atoms with Crippen molar-refractivity contribution in [1.29, 1.82) is 0 Å². The Morgan fingerprint density at radius 1 is 1.28 bits per heavy atom. The maximum atomic E-state index is 12.8. The highest BCUT2D eigenvalue weighted by molar-refractivity contribution is 6.31. The predicted octanol–water partition coefficient (Wildman–Crippen LogP) is 5.66. The van der Waals surface area contributed by atoms with Crippen LogP contribution in [0.5, 0.6) is 0 Å². The fourth-order valence-electron chi connectivity index (χ4n) is 4.34. The second kappa shape index (κ2) is 9.82. The summed E-state index contributed by atoms with van der Waals surface area (Å²) < 4.78 is 11.0. The normalized spacial score (nSPS) is 15.7. The summed E-state index contributed by atoms with van der Waals surface area (Å²) in [6, 6.07) is 10.2. The quantitative estimate of drug-likeness (QED) is 0.390. The van der Waals surface area contributed by atoms with Crippen LogP contribution in [0, 0.1) is 5.41 Å². The lowest BCUT2D eigenvalue weighted by Gasteiger charge is -2.42. The van der Waals surface area contributed by atoms with E-state index in [1.807, 2.05) is 45.0 Å². The Morgan fingerprint density at radius 2 is 2.07 bits per heavy atom. The number of benzene rings is 1. The van der Waals surface area contributed by atoms with E-state index in [0.717, 1.165) is 56.0 Å². The minimum Gasteiger partial charge on any atom is -0.469 e. The van der Waals surface area contributed by atoms with E-state index in [1.54, 1.807) is 6.26 Å². The zero-order valence-electron chi connectivity index (χ0n) is 17.7. The van der Waals surface area contributed by atoms with Gasteiger partial charge in [0.25, 0.3) is 0 Å². The molecule has 5 heteroatoms. The number of fused-ring (bicyclic) bond motifs is 1. The molecule has 4 nitrogen and oxygen atoms in total. The van der Waals surface area contributed by atoms with Gasteiger partial charge in [0.1, 0.15) is 5.76 Å². The molecule has 1 unspecified atom stereocenters. The summed E-state index contributed by atoms with van der Waals surface area (Å²) in [4.78, 5) is 15.2. The van der Waals surface area contributed by atoms with Crippen molar-refractivity contribution < 1.29 is 13.9 Å². The van der Waals surface area contributed by atoms with E-state index in [1.165, 1.54) is 11.1 Å². The smallest absolute Gasteiger partial charge is 0.313 e. The Morgan fingerprint density at radius 3 is 2.83 bits per heavy atom. The van der Waals surface area contributed by atoms with Gasteiger partial charge in [0.15, 0.2) is 0 Å². The number of carbonyl (C=O) groups is 1. The van der Waals surface area contributed by atoms with E-state index in [0.29, 0.717) is 6.61 Å². The maximum Gasteiger partial charge on any atom is 0.313 e. The molecule has 158 valence electrons. The number of unbranched alkanes of at least 4 members (excludes halogenated alkanes) is 1. The first kappa shape index (κ1) is 21.9. The van der Waals surface area contributed by atoms with Crippen LogP contribution in [0.3, 0.4) is 0 Å². The molecule has 0 saturated heterocycles. The molecule has 0 spiro atoms. The number of hydrogen-bond acceptors (Lipinski definition) is 4. The van der Waals surface area contributed by atoms with E-state index in [9.17, 15) is 4.79 Å². The average Bonchev–Trinajstić information content (AvgIpc) is 3.17. The molecular formula is C24H32ClNO3. The summed E-state index contributed by atoms with van der Waals surface area (Å²) in [6.07, 6.45) is 6.64. The fraction of sp³-hybridized carbons (Fsp3) is 0.542. The first-order valence-corrected chi connectivity index (χ1v) is 11.0. The van der Waals surface area contributed by atoms with Crippen LogP contribution in [-0.2, 0) is 28.9 Å². The van der Waals surface area contributed by atoms with E-state index in [4.69, 9.17) is 20.8 Å². The number of halogens is 1. The Balaban J connectivity index is 1.67. The van der Waals surface area contributed by atoms with Crippen molar-refractivity contribution in [2.75, 3.05) is 13.2 Å². The largest absolute Gasteiger partial charge is 0.469 e. The van der Waals surface area contributed by atoms with Crippen LogP contribution in [0.25, 0.3) is 0 Å². The molecule has 0 radical (unpaired) electrons. The molecule has 1 aromatic carbocycles. The molecule has 0 aliphatic carbocycles. The second-order valence-corrected chi connectivity index (χ2v) is 8.79. The van der Waals surface area contributed by atoms with Crippen molar-refractivity contribution in [1.82, 2.24) is 4.90 Å². The lowest BCUT2D eigenvalue weighted by molar-refractivity contribution is -0.158. The predicted molar refractivity (Wildman–Crippen MR) is 116 cm³/mol. The molecule has 0 saturated carbocycles. The first-order chi connectivity index (χ1) is 13.9. The van der Waals surface area contributed by atoms with E-state index >= 15 is 0 Å². The highest BCUT2D eigenvalue weighted by atomic mass is 35.5. The Kier molecular flexibility index (Phi) is 7.42. The lowest BCUT2D eigenvalue weighted by atomic mass is 9.79. The van der Waals surface area contributed by atoms with Crippen molar-refractivity contribution in [2.24, 2.45) is 5.41 Å². The molecule has 1 aliphatic rings. The molecule has 1 aliphatic heterocycles. The molecule has 2 heterocycles. The number of hydrogen-bond donors (Lipinski definition) is 0. The molecule has 1 atom stereocenters. The van der Waals surface area contributed by atoms with Crippen molar-refractivity contribution in [2.45, 2.75) is 65.5 Å². The number of aryl methyl sites for hydroxylation is 1. The monoisotopic (exact) mass is 417 g/mol. The summed E-state index contributed by atoms with van der Waals surface area (Å²) in [5.41, 5.74) is 1.86. The van der Waals surface area contributed by atoms with Crippen LogP contribution in [0.4, 0.5) is 0 Å². The highest BCUT2D eigenvalue weighted by Gasteiger charge is 2.42. The van der Waals surface area contributed by atoms with Gasteiger partial charge in [0, 0.05) is 36.1 Å². The molecule has 1 aromatic heterocycles. The zero-order valence-corrected chi connectivity index (χ0v) is 18.5. The third-order valence-corrected chi connectivity index (χ3v) is 6.41. The number of ether oxygens (including phenoxy) is 1. The fourth-order valence-corrected chi connectivity index (χ4v) is 4.57. The molecule has 0 fully saturated rings. The number of carbonyl (C=O) groups excluding carboxylic acids is 1. The van der Waals surface area contributed by atoms with Crippen LogP contribution >= 0.6 is 11.6 Å². The molecule has 0 bridgehead atoms. The van der Waals surface area contributed by atoms with Gasteiger partial charge in [-0.25, -0.2) is 0 Å². The summed E-state index contributed by atoms with van der Waals surface area (Å²) in [5.74, 6) is 0.960. The molecule has 0 N–H and O–H groups in total. The van der Waals surface area contributed by atoms with Gasteiger partial charge in [-0.05, 0) is 57.7 Å². The molecule has 3 rings (SSSR count). The Bertz CT molecular complexity index is 814. The summed E-state index contributed by atoms with van der Waals surface area (Å²) in [6.45, 7) is 8.05. The minimum atomic E-state index is -0.568. The zero-order chi connectivity index (χ0) is 20.9. The van der Waals surface area contributed by atoms with E-state index in [-0.39, 0.29) is 12.0 Å². The lowest BCUT2D eigenvalue weighted by Crippen LogP contribution is -2.51. The van der Waals surface area contributed by atoms with Crippen molar-refractivity contribution in [3.8, 4) is 0 Å². The topological polar surface area (TPSA) is 42.7 Å². The molecule has 2 aromatic rings. The average molecular weight is 418 g/mol. The Hall–Kier alpha value is -1.78. The van der Waals surface area contributed by atoms with Crippen LogP contribution < -0.4 is 0 Å². The van der Waals surface area contributed by atoms with Gasteiger partial charge in [-0.1, -0.05) is 36.2 Å². The SMILES string of the molecule is CCOC(=O)C(C)(C)C(CCCCc1ccccc1Cl)N1CCc2occc2C1. The Labute approximate surface area is 179 Å². The highest BCUT2D eigenvalue weighted by Crippen LogP contribution is 2.34. The summed E-state index contributed by atoms with van der Waals surface area (Å²) in [7, 11) is 0. The molecular weight excluding hydrogens is 386 g/mol. The van der Waals surface area contributed by atoms with Gasteiger partial charge in [0.2, 0.25) is 0 Å². The van der Waals surface area contributed by atoms with Crippen LogP contribution in [0.1, 0.15) is 56.9 Å². The van der Waals surface area contributed by atoms with Crippen molar-refractivity contribution in [3.05, 3.63) is 58.5 Å². The van der Waals surface area contributed by atoms with Crippen LogP contribution in [-0.4, -0.2) is 30.1 Å². The van der Waals surface area contributed by atoms with Gasteiger partial charge in [-0.15, -0.1) is 0 Å². The van der Waals surface area contributed by atoms with Gasteiger partial charge < -0.3 is 9.15 Å². The third kappa shape index (κ3) is 5.23. The molecule has 0 amide bonds. The maximum absolute atomic E-state index is 12.8. The van der Waals surface area contributed by atoms with E-state index in [2.05, 4.69) is 11.0 Å². The van der Waals surface area contributed by atoms with Crippen molar-refractivity contribution >= 4 is 17.6 Å². The summed E-state index contributed by atoms with van der Waals surface area (Å²) in [5, 5.41) is 0.833. The van der Waals surface area contributed by atoms with Crippen molar-refractivity contribution in [3.63, 3.8) is 0 Å². The first-order valence-electron chi connectivity index (χ1n) is 10.6. The second-order valence-electron chi connectivity index (χ2n) is 8.38. The number of rotatable bonds is 9. The number of esters is 1. The minimum absolute atomic E-state index is 0.117. The summed E-state index contributed by atoms with van der Waals surface area (Å²) >= 11 is 6.30. The van der Waals surface area contributed by atoms with Gasteiger partial charge in [0.05, 0.1) is 18.3 Å². The van der Waals surface area contributed by atoms with Gasteiger partial charge in [-0.2, -0.15) is 0 Å². The molecule has 29 heavy (non-hydrogen) atoms. The number of furan rings is 1. The standard InChI is InChI=1S/C24H32ClNO3/c1-4-28-23(27)24(2,3)22(26-15-13-21-19(17-26)14-16-29-21)12-8-6-10-18-9-5-7-11-20(18)25/h5,7,9,11,14,16,22H,4,6,8,10,12-13,15,17H2,1-3H3. The third-order valence-electron chi connectivity index (χ3n) is 6.04. The van der Waals surface area contributed by atoms with Crippen LogP contribution in [0.15, 0.2) is 41.0 Å².